The number of rotatable bonds is 9. The number of carbonyl (C=O) groups excluding carboxylic acids is 1. The van der Waals surface area contributed by atoms with E-state index in [0.717, 1.165) is 49.9 Å². The minimum absolute atomic E-state index is 0.0335. The topological polar surface area (TPSA) is 67.6 Å². The normalized spacial score (nSPS) is 19.7. The number of nitrogens with zero attached hydrogens (tertiary/aromatic N) is 2. The molecular formula is C33H38FN4O2+. The van der Waals surface area contributed by atoms with Gasteiger partial charge in [-0.05, 0) is 43.2 Å². The molecule has 1 aliphatic carbocycles. The molecule has 6 nitrogen and oxygen atoms in total. The van der Waals surface area contributed by atoms with E-state index in [0.29, 0.717) is 17.7 Å². The van der Waals surface area contributed by atoms with Gasteiger partial charge in [-0.2, -0.15) is 0 Å². The Hall–Kier alpha value is -3.60. The van der Waals surface area contributed by atoms with Gasteiger partial charge in [0.1, 0.15) is 11.7 Å². The fourth-order valence-electron chi connectivity index (χ4n) is 6.35. The summed E-state index contributed by atoms with van der Waals surface area (Å²) in [6.45, 7) is 9.41. The molecule has 2 aromatic carbocycles. The van der Waals surface area contributed by atoms with Crippen molar-refractivity contribution in [2.24, 2.45) is 0 Å². The second-order valence-electron chi connectivity index (χ2n) is 11.3. The molecule has 0 bridgehead atoms. The lowest BCUT2D eigenvalue weighted by Gasteiger charge is -2.39. The second kappa shape index (κ2) is 12.3. The first kappa shape index (κ1) is 27.9. The van der Waals surface area contributed by atoms with Crippen molar-refractivity contribution in [3.63, 3.8) is 0 Å². The number of carbonyl (C=O) groups is 1. The lowest BCUT2D eigenvalue weighted by atomic mass is 9.75. The van der Waals surface area contributed by atoms with E-state index in [1.807, 2.05) is 60.7 Å². The van der Waals surface area contributed by atoms with E-state index in [2.05, 4.69) is 20.5 Å². The van der Waals surface area contributed by atoms with Gasteiger partial charge in [0.15, 0.2) is 0 Å². The Morgan fingerprint density at radius 1 is 1.15 bits per heavy atom. The molecule has 7 heteroatoms. The van der Waals surface area contributed by atoms with Crippen LogP contribution in [0.3, 0.4) is 0 Å². The Bertz CT molecular complexity index is 1300. The van der Waals surface area contributed by atoms with E-state index in [4.69, 9.17) is 11.3 Å². The highest BCUT2D eigenvalue weighted by atomic mass is 19.1. The van der Waals surface area contributed by atoms with E-state index in [9.17, 15) is 4.79 Å². The van der Waals surface area contributed by atoms with E-state index in [1.165, 1.54) is 25.2 Å². The molecule has 1 saturated carbocycles. The molecule has 5 rings (SSSR count). The number of hydrogen-bond acceptors (Lipinski definition) is 4. The molecule has 2 aliphatic rings. The van der Waals surface area contributed by atoms with Gasteiger partial charge < -0.3 is 15.4 Å². The highest BCUT2D eigenvalue weighted by Gasteiger charge is 2.53. The predicted octanol–water partition coefficient (Wildman–Crippen LogP) is 6.34. The molecule has 3 aromatic rings. The summed E-state index contributed by atoms with van der Waals surface area (Å²) in [4.78, 5) is 22.1. The Morgan fingerprint density at radius 2 is 1.80 bits per heavy atom. The number of pyridine rings is 1. The molecule has 40 heavy (non-hydrogen) atoms. The predicted molar refractivity (Wildman–Crippen MR) is 156 cm³/mol. The summed E-state index contributed by atoms with van der Waals surface area (Å²) in [6, 6.07) is 19.4. The maximum atomic E-state index is 15.1. The molecule has 208 valence electrons. The molecule has 2 N–H and O–H groups in total. The lowest BCUT2D eigenvalue weighted by Crippen LogP contribution is -2.52. The monoisotopic (exact) mass is 541 g/mol. The number of ether oxygens (including phenoxy) is 1. The van der Waals surface area contributed by atoms with Gasteiger partial charge in [0, 0.05) is 25.6 Å². The number of hydrogen-bond donors (Lipinski definition) is 2. The number of benzene rings is 2. The summed E-state index contributed by atoms with van der Waals surface area (Å²) in [5.74, 6) is -1.32. The van der Waals surface area contributed by atoms with Crippen LogP contribution in [0.15, 0.2) is 73.1 Å². The third-order valence-corrected chi connectivity index (χ3v) is 8.51. The third kappa shape index (κ3) is 5.94. The van der Waals surface area contributed by atoms with Gasteiger partial charge in [0.05, 0.1) is 29.8 Å². The van der Waals surface area contributed by atoms with Crippen LogP contribution in [0.5, 0.6) is 0 Å². The van der Waals surface area contributed by atoms with Crippen molar-refractivity contribution in [2.45, 2.75) is 75.0 Å². The highest BCUT2D eigenvalue weighted by Crippen LogP contribution is 2.39. The Morgan fingerprint density at radius 3 is 2.42 bits per heavy atom. The number of halogens is 1. The molecule has 2 fully saturated rings. The van der Waals surface area contributed by atoms with Crippen LogP contribution >= 0.6 is 0 Å². The Labute approximate surface area is 236 Å². The number of morpholine rings is 1. The summed E-state index contributed by atoms with van der Waals surface area (Å²) in [5, 5.41) is 6.47. The van der Waals surface area contributed by atoms with Crippen LogP contribution < -0.4 is 10.6 Å². The van der Waals surface area contributed by atoms with Crippen LogP contribution in [0.1, 0.15) is 68.1 Å². The molecule has 1 aromatic heterocycles. The second-order valence-corrected chi connectivity index (χ2v) is 11.3. The fourth-order valence-corrected chi connectivity index (χ4v) is 6.35. The minimum atomic E-state index is -1.37. The molecular weight excluding hydrogens is 503 g/mol. The van der Waals surface area contributed by atoms with E-state index < -0.39 is 23.2 Å². The smallest absolute Gasteiger partial charge is 0.364 e. The molecule has 2 atom stereocenters. The average Bonchev–Trinajstić information content (AvgIpc) is 3.42. The summed E-state index contributed by atoms with van der Waals surface area (Å²) in [5.41, 5.74) is 1.17. The zero-order valence-corrected chi connectivity index (χ0v) is 23.1. The van der Waals surface area contributed by atoms with Crippen molar-refractivity contribution in [3.05, 3.63) is 100 Å². The van der Waals surface area contributed by atoms with Gasteiger partial charge in [-0.3, -0.25) is 9.78 Å². The first-order valence-electron chi connectivity index (χ1n) is 14.3. The Kier molecular flexibility index (Phi) is 8.58. The molecule has 1 amide bonds. The third-order valence-electron chi connectivity index (χ3n) is 8.51. The van der Waals surface area contributed by atoms with E-state index in [-0.39, 0.29) is 11.7 Å². The first-order valence-corrected chi connectivity index (χ1v) is 14.3. The lowest BCUT2D eigenvalue weighted by molar-refractivity contribution is -0.119. The molecule has 1 saturated heterocycles. The van der Waals surface area contributed by atoms with Crippen molar-refractivity contribution in [3.8, 4) is 6.57 Å². The Balaban J connectivity index is 1.33. The highest BCUT2D eigenvalue weighted by molar-refractivity contribution is 6.01. The minimum Gasteiger partial charge on any atom is -0.369 e. The zero-order chi connectivity index (χ0) is 28.0. The number of nitrogens with one attached hydrogen (secondary N) is 2. The van der Waals surface area contributed by atoms with Gasteiger partial charge in [0.25, 0.3) is 6.57 Å². The molecule has 2 heterocycles. The quantitative estimate of drug-likeness (QED) is 0.332. The van der Waals surface area contributed by atoms with E-state index >= 15 is 4.39 Å². The average molecular weight is 542 g/mol. The van der Waals surface area contributed by atoms with Gasteiger partial charge in [-0.25, -0.2) is 4.39 Å². The van der Waals surface area contributed by atoms with E-state index in [1.54, 1.807) is 6.92 Å². The maximum Gasteiger partial charge on any atom is 0.364 e. The maximum absolute atomic E-state index is 15.1. The van der Waals surface area contributed by atoms with Crippen molar-refractivity contribution < 1.29 is 13.9 Å². The van der Waals surface area contributed by atoms with Crippen LogP contribution in [0.2, 0.25) is 0 Å². The SMILES string of the molecule is C#[N+]C(C)(C(=O)Nc1cncc(F)c1CCCC1CNCC2(CCCC2)O1)C(c1ccccc1)c1ccccc1. The van der Waals surface area contributed by atoms with Crippen LogP contribution in [0.4, 0.5) is 10.1 Å². The largest absolute Gasteiger partial charge is 0.369 e. The van der Waals surface area contributed by atoms with Crippen LogP contribution in [0, 0.1) is 12.4 Å². The standard InChI is InChI=1S/C33H37FN4O2/c1-32(35-2,30(24-12-5-3-6-13-24)25-14-7-4-8-15-25)31(39)38-29-22-36-21-28(34)27(29)17-11-16-26-20-37-23-33(40-26)18-9-10-19-33/h2-8,12-15,21-22,26,30,37H,9-11,16-20,23H2,1H3/p+1. The number of anilines is 1. The van der Waals surface area contributed by atoms with Crippen LogP contribution in [-0.4, -0.2) is 41.2 Å². The summed E-state index contributed by atoms with van der Waals surface area (Å²) in [7, 11) is 0. The van der Waals surface area contributed by atoms with Crippen molar-refractivity contribution >= 4 is 11.6 Å². The van der Waals surface area contributed by atoms with Crippen molar-refractivity contribution in [2.75, 3.05) is 18.4 Å². The number of aromatic nitrogens is 1. The van der Waals surface area contributed by atoms with Gasteiger partial charge >= 0.3 is 11.4 Å². The van der Waals surface area contributed by atoms with Gasteiger partial charge in [0.2, 0.25) is 0 Å². The van der Waals surface area contributed by atoms with Gasteiger partial charge in [-0.15, -0.1) is 0 Å². The van der Waals surface area contributed by atoms with Crippen LogP contribution in [0.25, 0.3) is 4.85 Å². The van der Waals surface area contributed by atoms with Gasteiger partial charge in [-0.1, -0.05) is 78.4 Å². The summed E-state index contributed by atoms with van der Waals surface area (Å²) >= 11 is 0. The fraction of sp³-hybridized carbons (Fsp3) is 0.424. The number of amides is 1. The summed E-state index contributed by atoms with van der Waals surface area (Å²) < 4.78 is 21.6. The molecule has 0 radical (unpaired) electrons. The molecule has 1 spiro atoms. The van der Waals surface area contributed by atoms with Crippen molar-refractivity contribution in [1.82, 2.24) is 10.3 Å². The van der Waals surface area contributed by atoms with Crippen LogP contribution in [-0.2, 0) is 16.0 Å². The molecule has 1 aliphatic heterocycles. The first-order chi connectivity index (χ1) is 19.4. The summed E-state index contributed by atoms with van der Waals surface area (Å²) in [6.07, 6.45) is 9.41. The zero-order valence-electron chi connectivity index (χ0n) is 23.1. The molecule has 2 unspecified atom stereocenters. The van der Waals surface area contributed by atoms with Crippen molar-refractivity contribution in [1.29, 1.82) is 0 Å².